The Balaban J connectivity index is 2.60. The summed E-state index contributed by atoms with van der Waals surface area (Å²) < 4.78 is 21.8. The van der Waals surface area contributed by atoms with Gasteiger partial charge >= 0.3 is 0 Å². The van der Waals surface area contributed by atoms with Crippen molar-refractivity contribution in [2.24, 2.45) is 4.99 Å². The highest BCUT2D eigenvalue weighted by molar-refractivity contribution is 5.80. The molecule has 0 aromatic heterocycles. The van der Waals surface area contributed by atoms with Crippen molar-refractivity contribution in [3.05, 3.63) is 23.8 Å². The van der Waals surface area contributed by atoms with Gasteiger partial charge in [-0.2, -0.15) is 0 Å². The summed E-state index contributed by atoms with van der Waals surface area (Å²) in [5.41, 5.74) is 1.12. The molecule has 0 heterocycles. The first-order valence-electron chi connectivity index (χ1n) is 10.7. The maximum absolute atomic E-state index is 5.74. The van der Waals surface area contributed by atoms with Gasteiger partial charge in [-0.05, 0) is 58.2 Å². The Hall–Kier alpha value is -1.99. The molecule has 1 aromatic rings. The first-order chi connectivity index (χ1) is 14.2. The van der Waals surface area contributed by atoms with E-state index in [0.29, 0.717) is 26.4 Å². The molecule has 0 aliphatic heterocycles. The molecule has 1 rings (SSSR count). The number of nitrogens with zero attached hydrogens (tertiary/aromatic N) is 1. The normalized spacial score (nSPS) is 12.5. The third-order valence-corrected chi connectivity index (χ3v) is 4.16. The fourth-order valence-corrected chi connectivity index (χ4v) is 2.70. The van der Waals surface area contributed by atoms with E-state index in [0.717, 1.165) is 55.6 Å². The minimum atomic E-state index is 0.0834. The van der Waals surface area contributed by atoms with E-state index in [1.54, 1.807) is 7.11 Å². The molecule has 0 bridgehead atoms. The van der Waals surface area contributed by atoms with Crippen LogP contribution >= 0.6 is 0 Å². The van der Waals surface area contributed by atoms with Gasteiger partial charge in [0.25, 0.3) is 0 Å². The number of hydrogen-bond acceptors (Lipinski definition) is 5. The van der Waals surface area contributed by atoms with Crippen LogP contribution in [0.2, 0.25) is 0 Å². The van der Waals surface area contributed by atoms with Gasteiger partial charge < -0.3 is 29.6 Å². The molecule has 0 spiro atoms. The van der Waals surface area contributed by atoms with E-state index in [9.17, 15) is 0 Å². The number of nitrogens with one attached hydrogen (secondary N) is 2. The Morgan fingerprint density at radius 1 is 1.00 bits per heavy atom. The summed E-state index contributed by atoms with van der Waals surface area (Å²) in [7, 11) is 1.68. The topological polar surface area (TPSA) is 73.3 Å². The summed E-state index contributed by atoms with van der Waals surface area (Å²) >= 11 is 0. The second-order valence-electron chi connectivity index (χ2n) is 6.51. The summed E-state index contributed by atoms with van der Waals surface area (Å²) in [6, 6.07) is 6.15. The lowest BCUT2D eigenvalue weighted by Crippen LogP contribution is -2.38. The number of guanidine groups is 1. The van der Waals surface area contributed by atoms with E-state index >= 15 is 0 Å². The van der Waals surface area contributed by atoms with E-state index in [4.69, 9.17) is 18.9 Å². The molecule has 0 amide bonds. The minimum absolute atomic E-state index is 0.0834. The molecule has 0 saturated carbocycles. The number of ether oxygens (including phenoxy) is 4. The molecule has 0 radical (unpaired) electrons. The van der Waals surface area contributed by atoms with Crippen LogP contribution in [0.5, 0.6) is 11.5 Å². The summed E-state index contributed by atoms with van der Waals surface area (Å²) in [5.74, 6) is 2.36. The van der Waals surface area contributed by atoms with E-state index in [1.165, 1.54) is 0 Å². The van der Waals surface area contributed by atoms with Crippen molar-refractivity contribution in [3.63, 3.8) is 0 Å². The molecule has 0 aliphatic rings. The Labute approximate surface area is 176 Å². The summed E-state index contributed by atoms with van der Waals surface area (Å²) in [5, 5.41) is 6.78. The highest BCUT2D eigenvalue weighted by atomic mass is 16.5. The second-order valence-corrected chi connectivity index (χ2v) is 6.51. The third-order valence-electron chi connectivity index (χ3n) is 4.16. The monoisotopic (exact) mass is 409 g/mol. The van der Waals surface area contributed by atoms with Crippen LogP contribution in [0.15, 0.2) is 23.2 Å². The molecule has 0 aliphatic carbocycles. The van der Waals surface area contributed by atoms with Gasteiger partial charge in [0.05, 0.1) is 32.5 Å². The maximum atomic E-state index is 5.74. The van der Waals surface area contributed by atoms with Crippen molar-refractivity contribution >= 4 is 5.96 Å². The van der Waals surface area contributed by atoms with Crippen LogP contribution in [0.4, 0.5) is 0 Å². The Morgan fingerprint density at radius 3 is 2.45 bits per heavy atom. The van der Waals surface area contributed by atoms with Crippen molar-refractivity contribution in [1.29, 1.82) is 0 Å². The number of rotatable bonds is 15. The lowest BCUT2D eigenvalue weighted by atomic mass is 10.1. The molecule has 1 unspecified atom stereocenters. The van der Waals surface area contributed by atoms with Gasteiger partial charge in [0.1, 0.15) is 0 Å². The number of aliphatic imine (C=N–C) groups is 1. The average molecular weight is 410 g/mol. The number of hydrogen-bond donors (Lipinski definition) is 2. The van der Waals surface area contributed by atoms with Crippen molar-refractivity contribution in [1.82, 2.24) is 10.6 Å². The molecule has 0 fully saturated rings. The number of benzene rings is 1. The summed E-state index contributed by atoms with van der Waals surface area (Å²) in [4.78, 5) is 4.68. The predicted molar refractivity (Wildman–Crippen MR) is 118 cm³/mol. The van der Waals surface area contributed by atoms with E-state index < -0.39 is 0 Å². The van der Waals surface area contributed by atoms with Gasteiger partial charge in [-0.15, -0.1) is 0 Å². The molecular formula is C22H39N3O4. The Morgan fingerprint density at radius 2 is 1.76 bits per heavy atom. The van der Waals surface area contributed by atoms with Crippen LogP contribution in [0.3, 0.4) is 0 Å². The maximum Gasteiger partial charge on any atom is 0.191 e. The zero-order valence-corrected chi connectivity index (χ0v) is 18.8. The highest BCUT2D eigenvalue weighted by Crippen LogP contribution is 2.30. The number of methoxy groups -OCH3 is 1. The van der Waals surface area contributed by atoms with Crippen LogP contribution in [-0.2, 0) is 9.47 Å². The van der Waals surface area contributed by atoms with Crippen LogP contribution in [0, 0.1) is 0 Å². The fourth-order valence-electron chi connectivity index (χ4n) is 2.70. The van der Waals surface area contributed by atoms with Gasteiger partial charge in [-0.25, -0.2) is 0 Å². The highest BCUT2D eigenvalue weighted by Gasteiger charge is 2.12. The average Bonchev–Trinajstić information content (AvgIpc) is 2.71. The van der Waals surface area contributed by atoms with Crippen LogP contribution in [0.1, 0.15) is 52.1 Å². The Bertz CT molecular complexity index is 581. The summed E-state index contributed by atoms with van der Waals surface area (Å²) in [6.07, 6.45) is 1.97. The van der Waals surface area contributed by atoms with Crippen LogP contribution < -0.4 is 20.1 Å². The first kappa shape index (κ1) is 25.0. The molecule has 1 atom stereocenters. The van der Waals surface area contributed by atoms with Crippen LogP contribution in [-0.4, -0.2) is 59.2 Å². The zero-order chi connectivity index (χ0) is 21.3. The summed E-state index contributed by atoms with van der Waals surface area (Å²) in [6.45, 7) is 12.9. The van der Waals surface area contributed by atoms with Crippen molar-refractivity contribution in [2.45, 2.75) is 46.6 Å². The molecule has 29 heavy (non-hydrogen) atoms. The standard InChI is InChI=1S/C22H39N3O4/c1-6-23-22(24-13-9-10-14-27-16-15-26-5)25-18(4)19-11-12-20(28-7-2)21(17-19)29-8-3/h11-12,17-18H,6-10,13-16H2,1-5H3,(H2,23,24,25). The molecule has 7 heteroatoms. The Kier molecular flexibility index (Phi) is 13.7. The molecule has 1 aromatic carbocycles. The molecule has 2 N–H and O–H groups in total. The van der Waals surface area contributed by atoms with E-state index in [-0.39, 0.29) is 6.04 Å². The van der Waals surface area contributed by atoms with Gasteiger partial charge in [-0.3, -0.25) is 4.99 Å². The second kappa shape index (κ2) is 15.9. The molecule has 7 nitrogen and oxygen atoms in total. The van der Waals surface area contributed by atoms with E-state index in [1.807, 2.05) is 26.0 Å². The first-order valence-corrected chi connectivity index (χ1v) is 10.7. The molecule has 166 valence electrons. The quantitative estimate of drug-likeness (QED) is 0.262. The molecule has 0 saturated heterocycles. The largest absolute Gasteiger partial charge is 0.490 e. The SMILES string of the molecule is CCNC(=NCCCCOCCOC)NC(C)c1ccc(OCC)c(OCC)c1. The van der Waals surface area contributed by atoms with Gasteiger partial charge in [0, 0.05) is 26.8 Å². The van der Waals surface area contributed by atoms with Gasteiger partial charge in [-0.1, -0.05) is 6.07 Å². The van der Waals surface area contributed by atoms with Gasteiger partial charge in [0.15, 0.2) is 17.5 Å². The van der Waals surface area contributed by atoms with Crippen molar-refractivity contribution in [2.75, 3.05) is 53.2 Å². The number of unbranched alkanes of at least 4 members (excludes halogenated alkanes) is 1. The van der Waals surface area contributed by atoms with Crippen LogP contribution in [0.25, 0.3) is 0 Å². The van der Waals surface area contributed by atoms with Crippen molar-refractivity contribution in [3.8, 4) is 11.5 Å². The predicted octanol–water partition coefficient (Wildman–Crippen LogP) is 3.54. The zero-order valence-electron chi connectivity index (χ0n) is 18.8. The third kappa shape index (κ3) is 10.4. The van der Waals surface area contributed by atoms with Gasteiger partial charge in [0.2, 0.25) is 0 Å². The smallest absolute Gasteiger partial charge is 0.191 e. The lowest BCUT2D eigenvalue weighted by molar-refractivity contribution is 0.0690. The lowest BCUT2D eigenvalue weighted by Gasteiger charge is -2.20. The van der Waals surface area contributed by atoms with Crippen molar-refractivity contribution < 1.29 is 18.9 Å². The van der Waals surface area contributed by atoms with E-state index in [2.05, 4.69) is 35.5 Å². The molecular weight excluding hydrogens is 370 g/mol. The minimum Gasteiger partial charge on any atom is -0.490 e. The fraction of sp³-hybridized carbons (Fsp3) is 0.682.